The molecule has 0 radical (unpaired) electrons. The Morgan fingerprint density at radius 2 is 1.73 bits per heavy atom. The molecule has 0 rings (SSSR count). The number of hydrogen-bond donors (Lipinski definition) is 2. The van der Waals surface area contributed by atoms with E-state index in [1.54, 1.807) is 11.2 Å². The molecule has 0 unspecified atom stereocenters. The van der Waals surface area contributed by atoms with Crippen molar-refractivity contribution in [2.24, 2.45) is 11.6 Å². The summed E-state index contributed by atoms with van der Waals surface area (Å²) in [6, 6.07) is 0.309. The first-order valence-electron chi connectivity index (χ1n) is 4.01. The second-order valence-electron chi connectivity index (χ2n) is 2.41. The van der Waals surface area contributed by atoms with E-state index in [0.29, 0.717) is 6.04 Å². The van der Waals surface area contributed by atoms with Crippen molar-refractivity contribution in [3.8, 4) is 0 Å². The fourth-order valence-corrected chi connectivity index (χ4v) is 0.384. The van der Waals surface area contributed by atoms with Crippen molar-refractivity contribution in [3.05, 3.63) is 11.9 Å². The fraction of sp³-hybridized carbons (Fsp3) is 0.750. The number of hydrogen-bond acceptors (Lipinski definition) is 3. The zero-order chi connectivity index (χ0) is 9.44. The van der Waals surface area contributed by atoms with Crippen molar-refractivity contribution in [1.82, 2.24) is 5.01 Å². The highest BCUT2D eigenvalue weighted by Crippen LogP contribution is 1.91. The smallest absolute Gasteiger partial charge is 0.0390 e. The largest absolute Gasteiger partial charge is 0.401 e. The summed E-state index contributed by atoms with van der Waals surface area (Å²) in [6.45, 7) is 9.81. The summed E-state index contributed by atoms with van der Waals surface area (Å²) in [5.41, 5.74) is 6.10. The highest BCUT2D eigenvalue weighted by Gasteiger charge is 1.95. The third kappa shape index (κ3) is 9.30. The zero-order valence-electron chi connectivity index (χ0n) is 8.26. The second kappa shape index (κ2) is 7.41. The molecule has 0 aromatic rings. The molecule has 0 saturated carbocycles. The molecule has 0 aliphatic rings. The fourth-order valence-electron chi connectivity index (χ4n) is 0.384. The lowest BCUT2D eigenvalue weighted by molar-refractivity contribution is 0.320. The summed E-state index contributed by atoms with van der Waals surface area (Å²) in [4.78, 5) is 0. The van der Waals surface area contributed by atoms with E-state index in [-0.39, 0.29) is 0 Å². The van der Waals surface area contributed by atoms with E-state index >= 15 is 0 Å². The first kappa shape index (κ1) is 12.9. The van der Waals surface area contributed by atoms with E-state index in [4.69, 9.17) is 11.6 Å². The Hall–Kier alpha value is -0.700. The van der Waals surface area contributed by atoms with Crippen LogP contribution in [0, 0.1) is 0 Å². The maximum Gasteiger partial charge on any atom is 0.0390 e. The van der Waals surface area contributed by atoms with Crippen LogP contribution >= 0.6 is 0 Å². The summed E-state index contributed by atoms with van der Waals surface area (Å²) < 4.78 is 0. The molecule has 0 aromatic carbocycles. The van der Waals surface area contributed by atoms with Gasteiger partial charge >= 0.3 is 0 Å². The number of allylic oxidation sites excluding steroid dienone is 1. The standard InChI is InChI=1S/C6H15N3.C2H6/c1-5(2)9(8)4-6(3)7;1-2/h4-5H,7-8H2,1-3H3;1-2H3/b6-4-;. The van der Waals surface area contributed by atoms with Crippen LogP contribution < -0.4 is 11.6 Å². The number of hydrazine groups is 1. The number of rotatable bonds is 2. The third-order valence-electron chi connectivity index (χ3n) is 0.949. The van der Waals surface area contributed by atoms with E-state index < -0.39 is 0 Å². The molecule has 0 heterocycles. The Bertz CT molecular complexity index is 104. The predicted molar refractivity (Wildman–Crippen MR) is 50.5 cm³/mol. The van der Waals surface area contributed by atoms with Gasteiger partial charge in [0.1, 0.15) is 0 Å². The minimum atomic E-state index is 0.309. The van der Waals surface area contributed by atoms with Crippen LogP contribution in [0.25, 0.3) is 0 Å². The van der Waals surface area contributed by atoms with Crippen LogP contribution in [0.15, 0.2) is 11.9 Å². The lowest BCUT2D eigenvalue weighted by Gasteiger charge is -2.18. The van der Waals surface area contributed by atoms with Gasteiger partial charge in [0, 0.05) is 17.9 Å². The van der Waals surface area contributed by atoms with Gasteiger partial charge in [0.25, 0.3) is 0 Å². The Kier molecular flexibility index (Phi) is 8.71. The quantitative estimate of drug-likeness (QED) is 0.473. The summed E-state index contributed by atoms with van der Waals surface area (Å²) in [5.74, 6) is 5.49. The normalized spacial score (nSPS) is 10.6. The molecule has 0 spiro atoms. The Labute approximate surface area is 70.0 Å². The first-order chi connectivity index (χ1) is 5.04. The number of nitrogens with two attached hydrogens (primary N) is 2. The van der Waals surface area contributed by atoms with Gasteiger partial charge in [-0.15, -0.1) is 0 Å². The van der Waals surface area contributed by atoms with Crippen molar-refractivity contribution >= 4 is 0 Å². The maximum absolute atomic E-state index is 5.49. The van der Waals surface area contributed by atoms with Gasteiger partial charge < -0.3 is 10.7 Å². The molecule has 4 N–H and O–H groups in total. The highest BCUT2D eigenvalue weighted by atomic mass is 15.4. The van der Waals surface area contributed by atoms with E-state index in [1.807, 2.05) is 34.6 Å². The molecule has 0 fully saturated rings. The molecule has 0 amide bonds. The van der Waals surface area contributed by atoms with Gasteiger partial charge in [0.2, 0.25) is 0 Å². The van der Waals surface area contributed by atoms with E-state index in [2.05, 4.69) is 0 Å². The van der Waals surface area contributed by atoms with Crippen molar-refractivity contribution in [1.29, 1.82) is 0 Å². The molecule has 0 aromatic heterocycles. The second-order valence-corrected chi connectivity index (χ2v) is 2.41. The average molecular weight is 159 g/mol. The van der Waals surface area contributed by atoms with Gasteiger partial charge in [0.15, 0.2) is 0 Å². The first-order valence-corrected chi connectivity index (χ1v) is 4.01. The van der Waals surface area contributed by atoms with Gasteiger partial charge in [-0.3, -0.25) is 0 Å². The molecule has 0 aliphatic carbocycles. The minimum Gasteiger partial charge on any atom is -0.401 e. The molecular weight excluding hydrogens is 138 g/mol. The van der Waals surface area contributed by atoms with Gasteiger partial charge in [-0.05, 0) is 20.8 Å². The lowest BCUT2D eigenvalue weighted by Crippen LogP contribution is -2.32. The average Bonchev–Trinajstić information content (AvgIpc) is 1.90. The summed E-state index contributed by atoms with van der Waals surface area (Å²) >= 11 is 0. The highest BCUT2D eigenvalue weighted by molar-refractivity contribution is 4.90. The van der Waals surface area contributed by atoms with Crippen molar-refractivity contribution in [2.75, 3.05) is 0 Å². The van der Waals surface area contributed by atoms with E-state index in [1.165, 1.54) is 0 Å². The van der Waals surface area contributed by atoms with Crippen LogP contribution in [0.3, 0.4) is 0 Å². The molecule has 0 aliphatic heterocycles. The monoisotopic (exact) mass is 159 g/mol. The summed E-state index contributed by atoms with van der Waals surface area (Å²) in [5, 5.41) is 1.58. The van der Waals surface area contributed by atoms with Gasteiger partial charge in [-0.1, -0.05) is 13.8 Å². The molecule has 0 saturated heterocycles. The molecule has 68 valence electrons. The van der Waals surface area contributed by atoms with Crippen LogP contribution in [0.2, 0.25) is 0 Å². The van der Waals surface area contributed by atoms with E-state index in [9.17, 15) is 0 Å². The van der Waals surface area contributed by atoms with E-state index in [0.717, 1.165) is 5.70 Å². The van der Waals surface area contributed by atoms with Gasteiger partial charge in [-0.25, -0.2) is 5.84 Å². The van der Waals surface area contributed by atoms with Crippen LogP contribution in [0.4, 0.5) is 0 Å². The van der Waals surface area contributed by atoms with Crippen molar-refractivity contribution in [2.45, 2.75) is 40.7 Å². The van der Waals surface area contributed by atoms with Crippen LogP contribution in [0.5, 0.6) is 0 Å². The Balaban J connectivity index is 0. The minimum absolute atomic E-state index is 0.309. The SMILES string of the molecule is C/C(N)=C/N(N)C(C)C.CC. The maximum atomic E-state index is 5.49. The zero-order valence-corrected chi connectivity index (χ0v) is 8.26. The molecule has 3 heteroatoms. The predicted octanol–water partition coefficient (Wildman–Crippen LogP) is 1.42. The van der Waals surface area contributed by atoms with Crippen LogP contribution in [-0.2, 0) is 0 Å². The Morgan fingerprint density at radius 1 is 1.36 bits per heavy atom. The molecule has 0 bridgehead atoms. The molecule has 3 nitrogen and oxygen atoms in total. The molecule has 0 atom stereocenters. The van der Waals surface area contributed by atoms with Gasteiger partial charge in [-0.2, -0.15) is 0 Å². The lowest BCUT2D eigenvalue weighted by atomic mass is 10.4. The van der Waals surface area contributed by atoms with Crippen molar-refractivity contribution < 1.29 is 0 Å². The molecule has 11 heavy (non-hydrogen) atoms. The van der Waals surface area contributed by atoms with Gasteiger partial charge in [0.05, 0.1) is 0 Å². The molecular formula is C8H21N3. The topological polar surface area (TPSA) is 55.3 Å². The van der Waals surface area contributed by atoms with Crippen molar-refractivity contribution in [3.63, 3.8) is 0 Å². The van der Waals surface area contributed by atoms with Crippen LogP contribution in [-0.4, -0.2) is 11.1 Å². The third-order valence-corrected chi connectivity index (χ3v) is 0.949. The summed E-state index contributed by atoms with van der Waals surface area (Å²) in [7, 11) is 0. The number of nitrogens with zero attached hydrogens (tertiary/aromatic N) is 1. The summed E-state index contributed by atoms with van der Waals surface area (Å²) in [6.07, 6.45) is 1.71. The van der Waals surface area contributed by atoms with Crippen LogP contribution in [0.1, 0.15) is 34.6 Å². The Morgan fingerprint density at radius 3 is 1.82 bits per heavy atom.